The van der Waals surface area contributed by atoms with Gasteiger partial charge >= 0.3 is 0 Å². The second kappa shape index (κ2) is 9.90. The monoisotopic (exact) mass is 428 g/mol. The standard InChI is InChI=1S/C24H36N4O3/c1-16-4-6-19(22(10-16)31-20-8-9-30-15-20)13-25-24(26-14-23(29)28(2)3)27-21-12-17-5-7-18(21)11-17/h4,6,10,17-18,20-21H,5,7-9,11-15H2,1-3H3,(H2,25,26,27). The number of fused-ring (bicyclic) bond motifs is 2. The van der Waals surface area contributed by atoms with Crippen LogP contribution in [0.2, 0.25) is 0 Å². The number of hydrogen-bond acceptors (Lipinski definition) is 4. The number of carbonyl (C=O) groups is 1. The summed E-state index contributed by atoms with van der Waals surface area (Å²) in [5, 5.41) is 6.87. The normalized spacial score (nSPS) is 27.4. The average molecular weight is 429 g/mol. The average Bonchev–Trinajstić information content (AvgIpc) is 3.49. The number of carbonyl (C=O) groups excluding carboxylic acids is 1. The molecule has 170 valence electrons. The second-order valence-electron chi connectivity index (χ2n) is 9.45. The lowest BCUT2D eigenvalue weighted by molar-refractivity contribution is -0.127. The maximum Gasteiger partial charge on any atom is 0.241 e. The zero-order valence-electron chi connectivity index (χ0n) is 19.0. The van der Waals surface area contributed by atoms with Gasteiger partial charge < -0.3 is 25.0 Å². The van der Waals surface area contributed by atoms with E-state index in [-0.39, 0.29) is 18.6 Å². The third-order valence-electron chi connectivity index (χ3n) is 6.78. The van der Waals surface area contributed by atoms with E-state index in [0.29, 0.717) is 25.2 Å². The van der Waals surface area contributed by atoms with Gasteiger partial charge in [-0.25, -0.2) is 4.99 Å². The fourth-order valence-electron chi connectivity index (χ4n) is 4.92. The quantitative estimate of drug-likeness (QED) is 0.516. The van der Waals surface area contributed by atoms with Gasteiger partial charge in [0, 0.05) is 32.1 Å². The molecule has 0 radical (unpaired) electrons. The van der Waals surface area contributed by atoms with E-state index in [1.165, 1.54) is 25.7 Å². The molecular formula is C24H36N4O3. The van der Waals surface area contributed by atoms with Crippen LogP contribution in [-0.2, 0) is 16.1 Å². The molecule has 2 saturated carbocycles. The van der Waals surface area contributed by atoms with Gasteiger partial charge in [0.25, 0.3) is 0 Å². The van der Waals surface area contributed by atoms with Gasteiger partial charge in [-0.3, -0.25) is 4.79 Å². The van der Waals surface area contributed by atoms with Gasteiger partial charge in [0.1, 0.15) is 11.9 Å². The highest BCUT2D eigenvalue weighted by Gasteiger charge is 2.39. The van der Waals surface area contributed by atoms with Gasteiger partial charge in [-0.2, -0.15) is 0 Å². The third-order valence-corrected chi connectivity index (χ3v) is 6.78. The van der Waals surface area contributed by atoms with Crippen molar-refractivity contribution in [2.75, 3.05) is 33.9 Å². The molecule has 7 heteroatoms. The van der Waals surface area contributed by atoms with Crippen LogP contribution < -0.4 is 15.4 Å². The van der Waals surface area contributed by atoms with E-state index >= 15 is 0 Å². The van der Waals surface area contributed by atoms with Gasteiger partial charge in [0.2, 0.25) is 5.91 Å². The molecule has 1 amide bonds. The highest BCUT2D eigenvalue weighted by Crippen LogP contribution is 2.44. The largest absolute Gasteiger partial charge is 0.488 e. The molecule has 1 aliphatic heterocycles. The van der Waals surface area contributed by atoms with Gasteiger partial charge in [-0.1, -0.05) is 18.6 Å². The topological polar surface area (TPSA) is 75.2 Å². The maximum atomic E-state index is 12.1. The number of guanidine groups is 1. The zero-order valence-corrected chi connectivity index (χ0v) is 19.0. The minimum atomic E-state index is 0.0306. The lowest BCUT2D eigenvalue weighted by atomic mass is 9.95. The Hall–Kier alpha value is -2.28. The Kier molecular flexibility index (Phi) is 7.00. The summed E-state index contributed by atoms with van der Waals surface area (Å²) >= 11 is 0. The van der Waals surface area contributed by atoms with Crippen LogP contribution in [0.3, 0.4) is 0 Å². The van der Waals surface area contributed by atoms with Crippen LogP contribution in [0.4, 0.5) is 0 Å². The van der Waals surface area contributed by atoms with E-state index in [9.17, 15) is 4.79 Å². The number of amides is 1. The summed E-state index contributed by atoms with van der Waals surface area (Å²) in [5.41, 5.74) is 2.21. The summed E-state index contributed by atoms with van der Waals surface area (Å²) in [5.74, 6) is 3.19. The zero-order chi connectivity index (χ0) is 21.8. The van der Waals surface area contributed by atoms with Crippen molar-refractivity contribution in [3.63, 3.8) is 0 Å². The molecule has 4 rings (SSSR count). The fraction of sp³-hybridized carbons (Fsp3) is 0.667. The lowest BCUT2D eigenvalue weighted by Crippen LogP contribution is -2.48. The van der Waals surface area contributed by atoms with E-state index in [1.54, 1.807) is 19.0 Å². The molecule has 2 aliphatic carbocycles. The molecule has 0 spiro atoms. The summed E-state index contributed by atoms with van der Waals surface area (Å²) in [6.07, 6.45) is 6.20. The fourth-order valence-corrected chi connectivity index (χ4v) is 4.92. The van der Waals surface area contributed by atoms with E-state index < -0.39 is 0 Å². The molecular weight excluding hydrogens is 392 g/mol. The SMILES string of the molecule is Cc1ccc(CN=C(NCC(=O)N(C)C)NC2CC3CCC2C3)c(OC2CCOC2)c1. The number of benzene rings is 1. The Morgan fingerprint density at radius 1 is 1.26 bits per heavy atom. The smallest absolute Gasteiger partial charge is 0.241 e. The predicted octanol–water partition coefficient (Wildman–Crippen LogP) is 2.47. The van der Waals surface area contributed by atoms with Gasteiger partial charge in [-0.15, -0.1) is 0 Å². The number of ether oxygens (including phenoxy) is 2. The summed E-state index contributed by atoms with van der Waals surface area (Å²) in [7, 11) is 3.54. The van der Waals surface area contributed by atoms with E-state index in [0.717, 1.165) is 41.7 Å². The van der Waals surface area contributed by atoms with Crippen LogP contribution in [0.5, 0.6) is 5.75 Å². The van der Waals surface area contributed by atoms with Crippen molar-refractivity contribution < 1.29 is 14.3 Å². The predicted molar refractivity (Wildman–Crippen MR) is 121 cm³/mol. The van der Waals surface area contributed by atoms with Gasteiger partial charge in [0.05, 0.1) is 26.3 Å². The van der Waals surface area contributed by atoms with Crippen molar-refractivity contribution in [1.82, 2.24) is 15.5 Å². The van der Waals surface area contributed by atoms with Crippen LogP contribution in [0, 0.1) is 18.8 Å². The molecule has 31 heavy (non-hydrogen) atoms. The van der Waals surface area contributed by atoms with Crippen molar-refractivity contribution >= 4 is 11.9 Å². The number of nitrogens with one attached hydrogen (secondary N) is 2. The molecule has 3 aliphatic rings. The maximum absolute atomic E-state index is 12.1. The molecule has 2 N–H and O–H groups in total. The number of rotatable bonds is 7. The summed E-state index contributed by atoms with van der Waals surface area (Å²) in [6, 6.07) is 6.71. The first kappa shape index (κ1) is 21.9. The lowest BCUT2D eigenvalue weighted by Gasteiger charge is -2.25. The molecule has 4 unspecified atom stereocenters. The minimum absolute atomic E-state index is 0.0306. The Morgan fingerprint density at radius 3 is 2.81 bits per heavy atom. The van der Waals surface area contributed by atoms with Crippen LogP contribution in [0.1, 0.15) is 43.2 Å². The first-order chi connectivity index (χ1) is 15.0. The first-order valence-electron chi connectivity index (χ1n) is 11.6. The van der Waals surface area contributed by atoms with Crippen molar-refractivity contribution in [2.45, 2.75) is 57.7 Å². The van der Waals surface area contributed by atoms with Crippen molar-refractivity contribution in [1.29, 1.82) is 0 Å². The molecule has 3 fully saturated rings. The minimum Gasteiger partial charge on any atom is -0.488 e. The Labute approximate surface area is 185 Å². The van der Waals surface area contributed by atoms with Crippen LogP contribution >= 0.6 is 0 Å². The van der Waals surface area contributed by atoms with Gasteiger partial charge in [0.15, 0.2) is 5.96 Å². The number of aliphatic imine (C=N–C) groups is 1. The summed E-state index contributed by atoms with van der Waals surface area (Å²) < 4.78 is 11.7. The first-order valence-corrected chi connectivity index (χ1v) is 11.6. The number of likely N-dealkylation sites (N-methyl/N-ethyl adjacent to an activating group) is 1. The Bertz CT molecular complexity index is 804. The summed E-state index contributed by atoms with van der Waals surface area (Å²) in [6.45, 7) is 4.20. The number of aryl methyl sites for hydroxylation is 1. The van der Waals surface area contributed by atoms with E-state index in [2.05, 4.69) is 35.8 Å². The number of nitrogens with zero attached hydrogens (tertiary/aromatic N) is 2. The molecule has 1 saturated heterocycles. The van der Waals surface area contributed by atoms with Crippen LogP contribution in [0.25, 0.3) is 0 Å². The van der Waals surface area contributed by atoms with Crippen molar-refractivity contribution in [3.05, 3.63) is 29.3 Å². The second-order valence-corrected chi connectivity index (χ2v) is 9.45. The van der Waals surface area contributed by atoms with Gasteiger partial charge in [-0.05, 0) is 49.7 Å². The third kappa shape index (κ3) is 5.70. The van der Waals surface area contributed by atoms with Crippen LogP contribution in [-0.4, -0.2) is 62.8 Å². The number of hydrogen-bond donors (Lipinski definition) is 2. The highest BCUT2D eigenvalue weighted by atomic mass is 16.5. The van der Waals surface area contributed by atoms with E-state index in [1.807, 2.05) is 0 Å². The molecule has 0 aromatic heterocycles. The highest BCUT2D eigenvalue weighted by molar-refractivity contribution is 5.86. The molecule has 7 nitrogen and oxygen atoms in total. The van der Waals surface area contributed by atoms with Crippen molar-refractivity contribution in [3.8, 4) is 5.75 Å². The molecule has 4 atom stereocenters. The molecule has 1 aromatic rings. The molecule has 1 heterocycles. The summed E-state index contributed by atoms with van der Waals surface area (Å²) in [4.78, 5) is 18.6. The van der Waals surface area contributed by atoms with E-state index in [4.69, 9.17) is 14.5 Å². The van der Waals surface area contributed by atoms with Crippen molar-refractivity contribution in [2.24, 2.45) is 16.8 Å². The molecule has 2 bridgehead atoms. The Balaban J connectivity index is 1.46. The molecule has 1 aromatic carbocycles. The Morgan fingerprint density at radius 2 is 2.13 bits per heavy atom. The van der Waals surface area contributed by atoms with Crippen LogP contribution in [0.15, 0.2) is 23.2 Å².